The number of carboxylic acids is 1. The number of nitrogens with zero attached hydrogens (tertiary/aromatic N) is 2. The molecule has 15 heavy (non-hydrogen) atoms. The minimum atomic E-state index is -0.886. The minimum Gasteiger partial charge on any atom is -0.477 e. The Morgan fingerprint density at radius 2 is 2.33 bits per heavy atom. The van der Waals surface area contributed by atoms with Crippen molar-refractivity contribution in [3.05, 3.63) is 11.1 Å². The maximum absolute atomic E-state index is 10.7. The van der Waals surface area contributed by atoms with Crippen LogP contribution in [0.5, 0.6) is 0 Å². The summed E-state index contributed by atoms with van der Waals surface area (Å²) in [4.78, 5) is 17.4. The lowest BCUT2D eigenvalue weighted by Gasteiger charge is -2.17. The summed E-state index contributed by atoms with van der Waals surface area (Å²) in [5.74, 6) is 1.40. The van der Waals surface area contributed by atoms with Crippen molar-refractivity contribution in [2.75, 3.05) is 29.5 Å². The van der Waals surface area contributed by atoms with Gasteiger partial charge in [-0.25, -0.2) is 9.78 Å². The van der Waals surface area contributed by atoms with Crippen molar-refractivity contribution < 1.29 is 9.90 Å². The van der Waals surface area contributed by atoms with Crippen molar-refractivity contribution in [1.82, 2.24) is 4.98 Å². The van der Waals surface area contributed by atoms with Crippen molar-refractivity contribution in [2.24, 2.45) is 0 Å². The van der Waals surface area contributed by atoms with Gasteiger partial charge >= 0.3 is 5.97 Å². The van der Waals surface area contributed by atoms with Crippen molar-refractivity contribution in [2.45, 2.75) is 6.42 Å². The van der Waals surface area contributed by atoms with Gasteiger partial charge in [-0.2, -0.15) is 11.8 Å². The largest absolute Gasteiger partial charge is 0.477 e. The van der Waals surface area contributed by atoms with Gasteiger partial charge in [0.05, 0.1) is 6.20 Å². The molecule has 1 aliphatic heterocycles. The molecule has 2 heterocycles. The van der Waals surface area contributed by atoms with E-state index in [2.05, 4.69) is 9.88 Å². The van der Waals surface area contributed by atoms with E-state index >= 15 is 0 Å². The maximum atomic E-state index is 10.7. The first-order valence-electron chi connectivity index (χ1n) is 4.79. The van der Waals surface area contributed by atoms with Gasteiger partial charge < -0.3 is 10.0 Å². The van der Waals surface area contributed by atoms with Crippen LogP contribution in [-0.4, -0.2) is 40.7 Å². The number of hydrogen-bond acceptors (Lipinski definition) is 5. The van der Waals surface area contributed by atoms with E-state index in [0.29, 0.717) is 4.88 Å². The van der Waals surface area contributed by atoms with Crippen molar-refractivity contribution >= 4 is 34.2 Å². The Bertz CT molecular complexity index is 346. The molecular weight excluding hydrogens is 232 g/mol. The van der Waals surface area contributed by atoms with Gasteiger partial charge in [-0.15, -0.1) is 0 Å². The highest BCUT2D eigenvalue weighted by molar-refractivity contribution is 7.99. The van der Waals surface area contributed by atoms with Crippen molar-refractivity contribution in [3.63, 3.8) is 0 Å². The molecule has 1 aromatic heterocycles. The zero-order chi connectivity index (χ0) is 10.7. The molecule has 0 amide bonds. The third-order valence-electron chi connectivity index (χ3n) is 2.20. The van der Waals surface area contributed by atoms with Crippen LogP contribution in [0.15, 0.2) is 6.20 Å². The fourth-order valence-electron chi connectivity index (χ4n) is 1.45. The summed E-state index contributed by atoms with van der Waals surface area (Å²) >= 11 is 3.21. The molecule has 1 aliphatic rings. The molecule has 6 heteroatoms. The van der Waals surface area contributed by atoms with Crippen LogP contribution in [0.4, 0.5) is 5.13 Å². The molecule has 0 aromatic carbocycles. The van der Waals surface area contributed by atoms with E-state index in [-0.39, 0.29) is 0 Å². The zero-order valence-corrected chi connectivity index (χ0v) is 9.81. The predicted octanol–water partition coefficient (Wildman–Crippen LogP) is 1.78. The summed E-state index contributed by atoms with van der Waals surface area (Å²) < 4.78 is 0. The SMILES string of the molecule is O=C(O)c1cnc(N2CCCSCC2)s1. The fourth-order valence-corrected chi connectivity index (χ4v) is 3.14. The van der Waals surface area contributed by atoms with Crippen LogP contribution < -0.4 is 4.90 Å². The van der Waals surface area contributed by atoms with Gasteiger partial charge in [0.15, 0.2) is 5.13 Å². The van der Waals surface area contributed by atoms with Crippen LogP contribution in [0.25, 0.3) is 0 Å². The molecule has 1 fully saturated rings. The highest BCUT2D eigenvalue weighted by Gasteiger charge is 2.15. The second kappa shape index (κ2) is 4.85. The lowest BCUT2D eigenvalue weighted by atomic mass is 10.4. The highest BCUT2D eigenvalue weighted by Crippen LogP contribution is 2.24. The van der Waals surface area contributed by atoms with E-state index in [1.165, 1.54) is 23.3 Å². The molecule has 0 atom stereocenters. The topological polar surface area (TPSA) is 53.4 Å². The van der Waals surface area contributed by atoms with Crippen LogP contribution >= 0.6 is 23.1 Å². The van der Waals surface area contributed by atoms with Gasteiger partial charge in [0.2, 0.25) is 0 Å². The molecule has 82 valence electrons. The number of anilines is 1. The van der Waals surface area contributed by atoms with Crippen LogP contribution in [0, 0.1) is 0 Å². The number of rotatable bonds is 2. The molecule has 0 bridgehead atoms. The van der Waals surface area contributed by atoms with Crippen molar-refractivity contribution in [3.8, 4) is 0 Å². The lowest BCUT2D eigenvalue weighted by Crippen LogP contribution is -2.25. The predicted molar refractivity (Wildman–Crippen MR) is 63.2 cm³/mol. The van der Waals surface area contributed by atoms with E-state index in [9.17, 15) is 4.79 Å². The normalized spacial score (nSPS) is 17.5. The first-order valence-corrected chi connectivity index (χ1v) is 6.76. The molecule has 1 saturated heterocycles. The maximum Gasteiger partial charge on any atom is 0.347 e. The lowest BCUT2D eigenvalue weighted by molar-refractivity contribution is 0.0702. The smallest absolute Gasteiger partial charge is 0.347 e. The third-order valence-corrected chi connectivity index (χ3v) is 4.29. The fraction of sp³-hybridized carbons (Fsp3) is 0.556. The molecule has 1 N–H and O–H groups in total. The molecule has 0 saturated carbocycles. The number of hydrogen-bond donors (Lipinski definition) is 1. The van der Waals surface area contributed by atoms with E-state index in [0.717, 1.165) is 30.4 Å². The van der Waals surface area contributed by atoms with Crippen molar-refractivity contribution in [1.29, 1.82) is 0 Å². The van der Waals surface area contributed by atoms with Gasteiger partial charge in [-0.05, 0) is 12.2 Å². The van der Waals surface area contributed by atoms with Crippen LogP contribution in [0.2, 0.25) is 0 Å². The summed E-state index contributed by atoms with van der Waals surface area (Å²) in [5.41, 5.74) is 0. The average molecular weight is 244 g/mol. The summed E-state index contributed by atoms with van der Waals surface area (Å²) in [6.45, 7) is 1.96. The number of carboxylic acid groups (broad SMARTS) is 1. The molecule has 4 nitrogen and oxygen atoms in total. The highest BCUT2D eigenvalue weighted by atomic mass is 32.2. The van der Waals surface area contributed by atoms with Gasteiger partial charge in [0.1, 0.15) is 4.88 Å². The van der Waals surface area contributed by atoms with Crippen LogP contribution in [0.3, 0.4) is 0 Å². The minimum absolute atomic E-state index is 0.321. The van der Waals surface area contributed by atoms with Crippen LogP contribution in [-0.2, 0) is 0 Å². The van der Waals surface area contributed by atoms with Gasteiger partial charge in [0.25, 0.3) is 0 Å². The number of thioether (sulfide) groups is 1. The van der Waals surface area contributed by atoms with Crippen LogP contribution in [0.1, 0.15) is 16.1 Å². The summed E-state index contributed by atoms with van der Waals surface area (Å²) in [6, 6.07) is 0. The molecule has 2 rings (SSSR count). The van der Waals surface area contributed by atoms with Gasteiger partial charge in [0, 0.05) is 18.8 Å². The third kappa shape index (κ3) is 2.63. The number of aromatic carboxylic acids is 1. The molecule has 0 radical (unpaired) electrons. The molecular formula is C9H12N2O2S2. The monoisotopic (exact) mass is 244 g/mol. The van der Waals surface area contributed by atoms with E-state index in [1.807, 2.05) is 11.8 Å². The second-order valence-electron chi connectivity index (χ2n) is 3.27. The van der Waals surface area contributed by atoms with Gasteiger partial charge in [-0.3, -0.25) is 0 Å². The Morgan fingerprint density at radius 1 is 1.47 bits per heavy atom. The van der Waals surface area contributed by atoms with Gasteiger partial charge in [-0.1, -0.05) is 11.3 Å². The van der Waals surface area contributed by atoms with E-state index < -0.39 is 5.97 Å². The Labute approximate surface area is 96.3 Å². The first kappa shape index (κ1) is 10.8. The number of aromatic nitrogens is 1. The Hall–Kier alpha value is -0.750. The molecule has 1 aromatic rings. The molecule has 0 aliphatic carbocycles. The average Bonchev–Trinajstić information content (AvgIpc) is 2.55. The Morgan fingerprint density at radius 3 is 3.07 bits per heavy atom. The summed E-state index contributed by atoms with van der Waals surface area (Å²) in [5, 5.41) is 9.64. The first-order chi connectivity index (χ1) is 7.27. The number of carbonyl (C=O) groups is 1. The Kier molecular flexibility index (Phi) is 3.48. The second-order valence-corrected chi connectivity index (χ2v) is 5.50. The number of thiazole rings is 1. The zero-order valence-electron chi connectivity index (χ0n) is 8.18. The summed E-state index contributed by atoms with van der Waals surface area (Å²) in [7, 11) is 0. The quantitative estimate of drug-likeness (QED) is 0.859. The molecule has 0 unspecified atom stereocenters. The standard InChI is InChI=1S/C9H12N2O2S2/c12-8(13)7-6-10-9(15-7)11-2-1-4-14-5-3-11/h6H,1-5H2,(H,12,13). The molecule has 0 spiro atoms. The Balaban J connectivity index is 2.10. The summed E-state index contributed by atoms with van der Waals surface area (Å²) in [6.07, 6.45) is 2.59. The van der Waals surface area contributed by atoms with E-state index in [4.69, 9.17) is 5.11 Å². The van der Waals surface area contributed by atoms with E-state index in [1.54, 1.807) is 0 Å².